The minimum absolute atomic E-state index is 0.662. The molecule has 106 valence electrons. The lowest BCUT2D eigenvalue weighted by Crippen LogP contribution is -2.39. The third-order valence-corrected chi connectivity index (χ3v) is 5.45. The summed E-state index contributed by atoms with van der Waals surface area (Å²) >= 11 is 2.12. The van der Waals surface area contributed by atoms with E-state index < -0.39 is 0 Å². The molecule has 1 aliphatic heterocycles. The molecule has 1 saturated heterocycles. The maximum absolute atomic E-state index is 3.80. The zero-order chi connectivity index (χ0) is 13.7. The normalized spacial score (nSPS) is 20.7. The zero-order valence-corrected chi connectivity index (χ0v) is 13.4. The first kappa shape index (κ1) is 14.9. The summed E-state index contributed by atoms with van der Waals surface area (Å²) in [6.07, 6.45) is 3.81. The summed E-state index contributed by atoms with van der Waals surface area (Å²) < 4.78 is 0. The SMILES string of the molecule is CCCNC(Cc1c(C)cccc1C)C1CCSC1. The van der Waals surface area contributed by atoms with Gasteiger partial charge in [0.05, 0.1) is 0 Å². The van der Waals surface area contributed by atoms with Crippen LogP contribution in [0.3, 0.4) is 0 Å². The molecule has 0 radical (unpaired) electrons. The van der Waals surface area contributed by atoms with Gasteiger partial charge in [-0.25, -0.2) is 0 Å². The molecule has 2 rings (SSSR count). The first-order valence-electron chi connectivity index (χ1n) is 7.58. The van der Waals surface area contributed by atoms with Gasteiger partial charge in [0.25, 0.3) is 0 Å². The third kappa shape index (κ3) is 4.00. The molecule has 1 aromatic rings. The van der Waals surface area contributed by atoms with Gasteiger partial charge in [0.15, 0.2) is 0 Å². The molecule has 0 spiro atoms. The van der Waals surface area contributed by atoms with Gasteiger partial charge in [0, 0.05) is 6.04 Å². The largest absolute Gasteiger partial charge is 0.313 e. The molecule has 1 aliphatic rings. The van der Waals surface area contributed by atoms with Crippen molar-refractivity contribution in [1.29, 1.82) is 0 Å². The Morgan fingerprint density at radius 1 is 1.32 bits per heavy atom. The molecule has 1 nitrogen and oxygen atoms in total. The van der Waals surface area contributed by atoms with Crippen LogP contribution in [0.4, 0.5) is 0 Å². The van der Waals surface area contributed by atoms with E-state index in [2.05, 4.69) is 56.0 Å². The Hall–Kier alpha value is -0.470. The molecule has 1 aromatic carbocycles. The summed E-state index contributed by atoms with van der Waals surface area (Å²) in [5.74, 6) is 3.55. The second-order valence-electron chi connectivity index (χ2n) is 5.76. The van der Waals surface area contributed by atoms with Gasteiger partial charge in [-0.15, -0.1) is 0 Å². The average Bonchev–Trinajstić information content (AvgIpc) is 2.91. The molecular weight excluding hydrogens is 250 g/mol. The highest BCUT2D eigenvalue weighted by Gasteiger charge is 2.25. The molecule has 19 heavy (non-hydrogen) atoms. The van der Waals surface area contributed by atoms with E-state index in [1.807, 2.05) is 0 Å². The topological polar surface area (TPSA) is 12.0 Å². The van der Waals surface area contributed by atoms with E-state index in [4.69, 9.17) is 0 Å². The van der Waals surface area contributed by atoms with Gasteiger partial charge >= 0.3 is 0 Å². The summed E-state index contributed by atoms with van der Waals surface area (Å²) in [6, 6.07) is 7.34. The van der Waals surface area contributed by atoms with Gasteiger partial charge in [-0.05, 0) is 73.8 Å². The molecule has 1 fully saturated rings. The summed E-state index contributed by atoms with van der Waals surface area (Å²) in [5.41, 5.74) is 4.47. The van der Waals surface area contributed by atoms with Crippen LogP contribution in [-0.4, -0.2) is 24.1 Å². The number of rotatable bonds is 6. The van der Waals surface area contributed by atoms with Crippen LogP contribution in [0.2, 0.25) is 0 Å². The number of hydrogen-bond acceptors (Lipinski definition) is 2. The molecule has 0 saturated carbocycles. The van der Waals surface area contributed by atoms with Crippen molar-refractivity contribution >= 4 is 11.8 Å². The van der Waals surface area contributed by atoms with Crippen LogP contribution in [0.15, 0.2) is 18.2 Å². The van der Waals surface area contributed by atoms with Crippen molar-refractivity contribution in [2.24, 2.45) is 5.92 Å². The fourth-order valence-electron chi connectivity index (χ4n) is 3.00. The van der Waals surface area contributed by atoms with E-state index in [1.54, 1.807) is 5.56 Å². The van der Waals surface area contributed by atoms with E-state index in [0.717, 1.165) is 12.5 Å². The lowest BCUT2D eigenvalue weighted by molar-refractivity contribution is 0.379. The molecular formula is C17H27NS. The van der Waals surface area contributed by atoms with Crippen LogP contribution in [0.5, 0.6) is 0 Å². The van der Waals surface area contributed by atoms with Crippen molar-refractivity contribution in [3.63, 3.8) is 0 Å². The number of hydrogen-bond donors (Lipinski definition) is 1. The molecule has 2 unspecified atom stereocenters. The third-order valence-electron chi connectivity index (χ3n) is 4.26. The van der Waals surface area contributed by atoms with Crippen LogP contribution >= 0.6 is 11.8 Å². The van der Waals surface area contributed by atoms with Crippen LogP contribution in [0.1, 0.15) is 36.5 Å². The number of benzene rings is 1. The zero-order valence-electron chi connectivity index (χ0n) is 12.5. The van der Waals surface area contributed by atoms with Crippen molar-refractivity contribution in [2.45, 2.75) is 46.1 Å². The fraction of sp³-hybridized carbons (Fsp3) is 0.647. The Morgan fingerprint density at radius 2 is 2.05 bits per heavy atom. The summed E-state index contributed by atoms with van der Waals surface area (Å²) in [6.45, 7) is 7.91. The average molecular weight is 277 g/mol. The molecule has 1 N–H and O–H groups in total. The van der Waals surface area contributed by atoms with Crippen LogP contribution in [-0.2, 0) is 6.42 Å². The van der Waals surface area contributed by atoms with Crippen molar-refractivity contribution in [2.75, 3.05) is 18.1 Å². The first-order valence-corrected chi connectivity index (χ1v) is 8.74. The Bertz CT molecular complexity index is 376. The van der Waals surface area contributed by atoms with Crippen LogP contribution in [0, 0.1) is 19.8 Å². The molecule has 0 bridgehead atoms. The fourth-order valence-corrected chi connectivity index (χ4v) is 4.33. The van der Waals surface area contributed by atoms with E-state index >= 15 is 0 Å². The van der Waals surface area contributed by atoms with Gasteiger partial charge in [0.1, 0.15) is 0 Å². The quantitative estimate of drug-likeness (QED) is 0.844. The molecule has 2 atom stereocenters. The molecule has 0 amide bonds. The highest BCUT2D eigenvalue weighted by Crippen LogP contribution is 2.29. The maximum atomic E-state index is 3.80. The lowest BCUT2D eigenvalue weighted by Gasteiger charge is -2.26. The van der Waals surface area contributed by atoms with Gasteiger partial charge < -0.3 is 5.32 Å². The highest BCUT2D eigenvalue weighted by atomic mass is 32.2. The number of thioether (sulfide) groups is 1. The first-order chi connectivity index (χ1) is 9.22. The Morgan fingerprint density at radius 3 is 2.63 bits per heavy atom. The highest BCUT2D eigenvalue weighted by molar-refractivity contribution is 7.99. The summed E-state index contributed by atoms with van der Waals surface area (Å²) in [4.78, 5) is 0. The van der Waals surface area contributed by atoms with Gasteiger partial charge in [-0.1, -0.05) is 25.1 Å². The van der Waals surface area contributed by atoms with Gasteiger partial charge in [-0.2, -0.15) is 11.8 Å². The second-order valence-corrected chi connectivity index (χ2v) is 6.91. The Kier molecular flexibility index (Phi) is 5.77. The number of aryl methyl sites for hydroxylation is 2. The van der Waals surface area contributed by atoms with Crippen molar-refractivity contribution in [3.8, 4) is 0 Å². The minimum Gasteiger partial charge on any atom is -0.313 e. The maximum Gasteiger partial charge on any atom is 0.0144 e. The Balaban J connectivity index is 2.10. The van der Waals surface area contributed by atoms with E-state index in [0.29, 0.717) is 6.04 Å². The van der Waals surface area contributed by atoms with Crippen molar-refractivity contribution < 1.29 is 0 Å². The van der Waals surface area contributed by atoms with E-state index in [9.17, 15) is 0 Å². The van der Waals surface area contributed by atoms with Crippen LogP contribution < -0.4 is 5.32 Å². The van der Waals surface area contributed by atoms with Gasteiger partial charge in [0.2, 0.25) is 0 Å². The van der Waals surface area contributed by atoms with E-state index in [-0.39, 0.29) is 0 Å². The van der Waals surface area contributed by atoms with E-state index in [1.165, 1.54) is 41.9 Å². The summed E-state index contributed by atoms with van der Waals surface area (Å²) in [5, 5.41) is 3.80. The Labute approximate surface area is 122 Å². The minimum atomic E-state index is 0.662. The van der Waals surface area contributed by atoms with Crippen molar-refractivity contribution in [3.05, 3.63) is 34.9 Å². The number of nitrogens with one attached hydrogen (secondary N) is 1. The smallest absolute Gasteiger partial charge is 0.0144 e. The standard InChI is InChI=1S/C17H27NS/c1-4-9-18-17(15-8-10-19-12-15)11-16-13(2)6-5-7-14(16)3/h5-7,15,17-18H,4,8-12H2,1-3H3. The van der Waals surface area contributed by atoms with Gasteiger partial charge in [-0.3, -0.25) is 0 Å². The molecule has 0 aromatic heterocycles. The van der Waals surface area contributed by atoms with Crippen molar-refractivity contribution in [1.82, 2.24) is 5.32 Å². The van der Waals surface area contributed by atoms with Crippen LogP contribution in [0.25, 0.3) is 0 Å². The molecule has 0 aliphatic carbocycles. The summed E-state index contributed by atoms with van der Waals surface area (Å²) in [7, 11) is 0. The molecule has 1 heterocycles. The lowest BCUT2D eigenvalue weighted by atomic mass is 9.89. The second kappa shape index (κ2) is 7.35. The predicted molar refractivity (Wildman–Crippen MR) is 87.1 cm³/mol. The monoisotopic (exact) mass is 277 g/mol. The predicted octanol–water partition coefficient (Wildman–Crippen LogP) is 3.97. The molecule has 2 heteroatoms.